The second-order valence-electron chi connectivity index (χ2n) is 5.10. The average Bonchev–Trinajstić information content (AvgIpc) is 2.49. The first-order valence-corrected chi connectivity index (χ1v) is 7.35. The van der Waals surface area contributed by atoms with E-state index < -0.39 is 0 Å². The molecule has 1 aromatic carbocycles. The van der Waals surface area contributed by atoms with Crippen LogP contribution in [0.3, 0.4) is 0 Å². The van der Waals surface area contributed by atoms with E-state index in [1.54, 1.807) is 0 Å². The van der Waals surface area contributed by atoms with E-state index in [4.69, 9.17) is 4.74 Å². The number of allylic oxidation sites excluding steroid dienone is 3. The van der Waals surface area contributed by atoms with Crippen LogP contribution < -0.4 is 0 Å². The average molecular weight is 270 g/mol. The summed E-state index contributed by atoms with van der Waals surface area (Å²) < 4.78 is 5.07. The summed E-state index contributed by atoms with van der Waals surface area (Å²) in [4.78, 5) is 11.6. The Morgan fingerprint density at radius 1 is 1.35 bits per heavy atom. The van der Waals surface area contributed by atoms with Crippen LogP contribution >= 0.6 is 0 Å². The van der Waals surface area contributed by atoms with Crippen molar-refractivity contribution < 1.29 is 9.53 Å². The molecule has 0 aromatic heterocycles. The first kappa shape index (κ1) is 14.6. The first-order chi connectivity index (χ1) is 9.79. The molecule has 0 radical (unpaired) electrons. The molecule has 2 rings (SSSR count). The number of hydrogen-bond acceptors (Lipinski definition) is 2. The molecular formula is C18H22O2. The van der Waals surface area contributed by atoms with Gasteiger partial charge in [0.25, 0.3) is 0 Å². The van der Waals surface area contributed by atoms with Crippen LogP contribution in [0.2, 0.25) is 0 Å². The van der Waals surface area contributed by atoms with Crippen molar-refractivity contribution in [3.63, 3.8) is 0 Å². The summed E-state index contributed by atoms with van der Waals surface area (Å²) in [6.45, 7) is 2.34. The van der Waals surface area contributed by atoms with Crippen molar-refractivity contribution in [2.24, 2.45) is 5.92 Å². The van der Waals surface area contributed by atoms with Crippen molar-refractivity contribution in [2.75, 3.05) is 6.61 Å². The summed E-state index contributed by atoms with van der Waals surface area (Å²) >= 11 is 0. The van der Waals surface area contributed by atoms with E-state index in [-0.39, 0.29) is 11.9 Å². The molecule has 0 spiro atoms. The minimum absolute atomic E-state index is 0.0392. The molecule has 0 aliphatic heterocycles. The molecule has 2 heteroatoms. The molecule has 0 heterocycles. The lowest BCUT2D eigenvalue weighted by Crippen LogP contribution is -2.19. The van der Waals surface area contributed by atoms with Gasteiger partial charge in [0, 0.05) is 0 Å². The summed E-state index contributed by atoms with van der Waals surface area (Å²) in [5.41, 5.74) is 2.66. The SMILES string of the molecule is CCOC(=O)C1CC=C(C/C=C/c2ccccc2)CC1. The Morgan fingerprint density at radius 3 is 2.80 bits per heavy atom. The zero-order chi connectivity index (χ0) is 14.2. The molecule has 106 valence electrons. The van der Waals surface area contributed by atoms with Gasteiger partial charge in [-0.3, -0.25) is 4.79 Å². The van der Waals surface area contributed by atoms with Gasteiger partial charge in [-0.25, -0.2) is 0 Å². The zero-order valence-electron chi connectivity index (χ0n) is 12.0. The van der Waals surface area contributed by atoms with Crippen molar-refractivity contribution >= 4 is 12.0 Å². The molecule has 0 saturated carbocycles. The fraction of sp³-hybridized carbons (Fsp3) is 0.389. The highest BCUT2D eigenvalue weighted by Gasteiger charge is 2.21. The van der Waals surface area contributed by atoms with E-state index in [0.717, 1.165) is 25.7 Å². The largest absolute Gasteiger partial charge is 0.466 e. The van der Waals surface area contributed by atoms with Crippen molar-refractivity contribution in [1.29, 1.82) is 0 Å². The zero-order valence-corrected chi connectivity index (χ0v) is 12.0. The van der Waals surface area contributed by atoms with Gasteiger partial charge in [-0.15, -0.1) is 0 Å². The van der Waals surface area contributed by atoms with Gasteiger partial charge >= 0.3 is 5.97 Å². The highest BCUT2D eigenvalue weighted by atomic mass is 16.5. The van der Waals surface area contributed by atoms with Crippen LogP contribution in [-0.2, 0) is 9.53 Å². The summed E-state index contributed by atoms with van der Waals surface area (Å²) in [6.07, 6.45) is 10.3. The Bertz CT molecular complexity index is 485. The quantitative estimate of drug-likeness (QED) is 0.586. The topological polar surface area (TPSA) is 26.3 Å². The lowest BCUT2D eigenvalue weighted by molar-refractivity contribution is -0.148. The third kappa shape index (κ3) is 4.37. The number of carbonyl (C=O) groups excluding carboxylic acids is 1. The number of ether oxygens (including phenoxy) is 1. The van der Waals surface area contributed by atoms with Crippen LogP contribution in [0.25, 0.3) is 6.08 Å². The Balaban J connectivity index is 1.81. The Morgan fingerprint density at radius 2 is 2.15 bits per heavy atom. The van der Waals surface area contributed by atoms with Crippen LogP contribution in [0.4, 0.5) is 0 Å². The number of carbonyl (C=O) groups is 1. The third-order valence-electron chi connectivity index (χ3n) is 3.61. The van der Waals surface area contributed by atoms with Crippen molar-refractivity contribution in [2.45, 2.75) is 32.6 Å². The molecule has 2 nitrogen and oxygen atoms in total. The lowest BCUT2D eigenvalue weighted by Gasteiger charge is -2.19. The van der Waals surface area contributed by atoms with Gasteiger partial charge < -0.3 is 4.74 Å². The summed E-state index contributed by atoms with van der Waals surface area (Å²) in [6, 6.07) is 10.3. The maximum Gasteiger partial charge on any atom is 0.309 e. The Labute approximate surface area is 121 Å². The van der Waals surface area contributed by atoms with Gasteiger partial charge in [-0.05, 0) is 38.2 Å². The van der Waals surface area contributed by atoms with Crippen molar-refractivity contribution in [1.82, 2.24) is 0 Å². The third-order valence-corrected chi connectivity index (χ3v) is 3.61. The summed E-state index contributed by atoms with van der Waals surface area (Å²) in [5.74, 6) is 0.0273. The molecule has 0 fully saturated rings. The monoisotopic (exact) mass is 270 g/mol. The van der Waals surface area contributed by atoms with E-state index in [9.17, 15) is 4.79 Å². The highest BCUT2D eigenvalue weighted by molar-refractivity contribution is 5.72. The molecule has 1 atom stereocenters. The van der Waals surface area contributed by atoms with Crippen LogP contribution in [0.15, 0.2) is 48.1 Å². The smallest absolute Gasteiger partial charge is 0.309 e. The van der Waals surface area contributed by atoms with Crippen LogP contribution in [0.1, 0.15) is 38.2 Å². The molecule has 1 aromatic rings. The predicted octanol–water partition coefficient (Wildman–Crippen LogP) is 4.38. The summed E-state index contributed by atoms with van der Waals surface area (Å²) in [7, 11) is 0. The van der Waals surface area contributed by atoms with E-state index in [2.05, 4.69) is 30.4 Å². The van der Waals surface area contributed by atoms with Gasteiger partial charge in [0.1, 0.15) is 0 Å². The minimum Gasteiger partial charge on any atom is -0.466 e. The molecular weight excluding hydrogens is 248 g/mol. The van der Waals surface area contributed by atoms with E-state index >= 15 is 0 Å². The maximum atomic E-state index is 11.6. The molecule has 1 aliphatic carbocycles. The lowest BCUT2D eigenvalue weighted by atomic mass is 9.88. The van der Waals surface area contributed by atoms with E-state index in [0.29, 0.717) is 6.61 Å². The van der Waals surface area contributed by atoms with Gasteiger partial charge in [0.2, 0.25) is 0 Å². The van der Waals surface area contributed by atoms with Gasteiger partial charge in [0.05, 0.1) is 12.5 Å². The van der Waals surface area contributed by atoms with Crippen LogP contribution in [-0.4, -0.2) is 12.6 Å². The van der Waals surface area contributed by atoms with Crippen LogP contribution in [0, 0.1) is 5.92 Å². The molecule has 0 N–H and O–H groups in total. The fourth-order valence-electron chi connectivity index (χ4n) is 2.46. The second kappa shape index (κ2) is 7.68. The summed E-state index contributed by atoms with van der Waals surface area (Å²) in [5, 5.41) is 0. The van der Waals surface area contributed by atoms with E-state index in [1.807, 2.05) is 25.1 Å². The number of rotatable bonds is 5. The normalized spacial score (nSPS) is 18.9. The first-order valence-electron chi connectivity index (χ1n) is 7.35. The molecule has 1 aliphatic rings. The van der Waals surface area contributed by atoms with E-state index in [1.165, 1.54) is 11.1 Å². The van der Waals surface area contributed by atoms with Crippen molar-refractivity contribution in [3.05, 3.63) is 53.6 Å². The predicted molar refractivity (Wildman–Crippen MR) is 82.2 cm³/mol. The molecule has 20 heavy (non-hydrogen) atoms. The standard InChI is InChI=1S/C18H22O2/c1-2-20-18(19)17-13-11-16(12-14-17)10-6-9-15-7-4-3-5-8-15/h3-9,11,17H,2,10,12-14H2,1H3/b9-6+. The second-order valence-corrected chi connectivity index (χ2v) is 5.10. The Kier molecular flexibility index (Phi) is 5.60. The maximum absolute atomic E-state index is 11.6. The number of esters is 1. The van der Waals surface area contributed by atoms with Crippen molar-refractivity contribution in [3.8, 4) is 0 Å². The molecule has 0 amide bonds. The molecule has 1 unspecified atom stereocenters. The number of benzene rings is 1. The van der Waals surface area contributed by atoms with Gasteiger partial charge in [-0.2, -0.15) is 0 Å². The fourth-order valence-corrected chi connectivity index (χ4v) is 2.46. The highest BCUT2D eigenvalue weighted by Crippen LogP contribution is 2.26. The number of hydrogen-bond donors (Lipinski definition) is 0. The molecule has 0 bridgehead atoms. The Hall–Kier alpha value is -1.83. The van der Waals surface area contributed by atoms with Gasteiger partial charge in [0.15, 0.2) is 0 Å². The molecule has 0 saturated heterocycles. The van der Waals surface area contributed by atoms with Gasteiger partial charge in [-0.1, -0.05) is 54.1 Å². The van der Waals surface area contributed by atoms with Crippen LogP contribution in [0.5, 0.6) is 0 Å². The minimum atomic E-state index is -0.0392.